The Morgan fingerprint density at radius 1 is 0.453 bits per heavy atom. The molecule has 0 aromatic rings. The maximum absolute atomic E-state index is 13.3. The van der Waals surface area contributed by atoms with E-state index >= 15 is 0 Å². The third-order valence-corrected chi connectivity index (χ3v) is 11.6. The van der Waals surface area contributed by atoms with Gasteiger partial charge < -0.3 is 19.3 Å². The third-order valence-electron chi connectivity index (χ3n) is 11.6. The van der Waals surface area contributed by atoms with Gasteiger partial charge in [-0.25, -0.2) is 0 Å². The van der Waals surface area contributed by atoms with Crippen LogP contribution < -0.4 is 0 Å². The molecule has 0 aromatic heterocycles. The molecule has 0 aromatic carbocycles. The van der Waals surface area contributed by atoms with E-state index in [-0.39, 0.29) is 24.1 Å². The van der Waals surface area contributed by atoms with E-state index in [4.69, 9.17) is 9.47 Å². The Hall–Kier alpha value is -1.14. The van der Waals surface area contributed by atoms with Crippen molar-refractivity contribution in [2.75, 3.05) is 39.3 Å². The molecule has 6 heteroatoms. The lowest BCUT2D eigenvalue weighted by atomic mass is 10.0. The molecule has 6 nitrogen and oxygen atoms in total. The summed E-state index contributed by atoms with van der Waals surface area (Å²) >= 11 is 0. The maximum Gasteiger partial charge on any atom is 0.307 e. The normalized spacial score (nSPS) is 13.8. The molecule has 0 aliphatic carbocycles. The van der Waals surface area contributed by atoms with Crippen LogP contribution in [-0.2, 0) is 19.1 Å². The third kappa shape index (κ3) is 31.7. The minimum Gasteiger partial charge on any atom is -0.462 e. The Kier molecular flexibility index (Phi) is 35.5. The van der Waals surface area contributed by atoms with Crippen molar-refractivity contribution >= 4 is 11.9 Å². The van der Waals surface area contributed by atoms with E-state index in [1.165, 1.54) is 148 Å². The van der Waals surface area contributed by atoms with Gasteiger partial charge in [0.1, 0.15) is 12.2 Å². The molecule has 0 saturated carbocycles. The van der Waals surface area contributed by atoms with Crippen molar-refractivity contribution in [2.24, 2.45) is 0 Å². The maximum atomic E-state index is 13.3. The zero-order valence-corrected chi connectivity index (χ0v) is 36.3. The number of unbranched alkanes of at least 4 members (excludes halogenated alkanes) is 20. The number of hydrogen-bond acceptors (Lipinski definition) is 6. The monoisotopic (exact) mass is 749 g/mol. The predicted molar refractivity (Wildman–Crippen MR) is 228 cm³/mol. The summed E-state index contributed by atoms with van der Waals surface area (Å²) in [5.41, 5.74) is 0. The van der Waals surface area contributed by atoms with Crippen LogP contribution in [0.4, 0.5) is 0 Å². The highest BCUT2D eigenvalue weighted by Gasteiger charge is 2.20. The van der Waals surface area contributed by atoms with Crippen molar-refractivity contribution in [1.82, 2.24) is 9.80 Å². The van der Waals surface area contributed by atoms with Gasteiger partial charge in [0.15, 0.2) is 0 Å². The SMILES string of the molecule is CCCCCCCCC(CCCCCCCC)OC(=O)CCN(CCC(=O)OC(CCCCCCCC)CCCCCCCC)CCN1CCCCC1. The number of rotatable bonds is 39. The van der Waals surface area contributed by atoms with Crippen LogP contribution in [0.3, 0.4) is 0 Å². The number of hydrogen-bond donors (Lipinski definition) is 0. The van der Waals surface area contributed by atoms with E-state index in [9.17, 15) is 9.59 Å². The molecule has 0 amide bonds. The van der Waals surface area contributed by atoms with Gasteiger partial charge in [0.2, 0.25) is 0 Å². The Labute approximate surface area is 331 Å². The van der Waals surface area contributed by atoms with Crippen molar-refractivity contribution in [1.29, 1.82) is 0 Å². The van der Waals surface area contributed by atoms with Gasteiger partial charge >= 0.3 is 11.9 Å². The molecule has 314 valence electrons. The quantitative estimate of drug-likeness (QED) is 0.0461. The van der Waals surface area contributed by atoms with Crippen molar-refractivity contribution in [2.45, 2.75) is 252 Å². The lowest BCUT2D eigenvalue weighted by molar-refractivity contribution is -0.150. The van der Waals surface area contributed by atoms with Crippen LogP contribution in [0.5, 0.6) is 0 Å². The molecule has 1 fully saturated rings. The summed E-state index contributed by atoms with van der Waals surface area (Å²) < 4.78 is 12.4. The molecule has 1 rings (SSSR count). The number of esters is 2. The zero-order chi connectivity index (χ0) is 38.5. The van der Waals surface area contributed by atoms with Crippen molar-refractivity contribution in [3.8, 4) is 0 Å². The molecule has 0 radical (unpaired) electrons. The average molecular weight is 749 g/mol. The molecule has 0 spiro atoms. The second-order valence-corrected chi connectivity index (χ2v) is 16.7. The van der Waals surface area contributed by atoms with E-state index in [1.807, 2.05) is 0 Å². The fourth-order valence-corrected chi connectivity index (χ4v) is 7.92. The zero-order valence-electron chi connectivity index (χ0n) is 36.3. The largest absolute Gasteiger partial charge is 0.462 e. The van der Waals surface area contributed by atoms with E-state index in [0.717, 1.165) is 77.5 Å². The molecule has 1 saturated heterocycles. The van der Waals surface area contributed by atoms with Crippen molar-refractivity contribution in [3.05, 3.63) is 0 Å². The van der Waals surface area contributed by atoms with E-state index in [2.05, 4.69) is 37.5 Å². The lowest BCUT2D eigenvalue weighted by Crippen LogP contribution is -2.39. The predicted octanol–water partition coefficient (Wildman–Crippen LogP) is 13.4. The molecule has 1 heterocycles. The number of nitrogens with zero attached hydrogens (tertiary/aromatic N) is 2. The van der Waals surface area contributed by atoms with Crippen molar-refractivity contribution < 1.29 is 19.1 Å². The van der Waals surface area contributed by atoms with Crippen LogP contribution in [0.25, 0.3) is 0 Å². The summed E-state index contributed by atoms with van der Waals surface area (Å²) in [6.07, 6.45) is 39.1. The summed E-state index contributed by atoms with van der Waals surface area (Å²) in [4.78, 5) is 31.5. The number of carbonyl (C=O) groups is 2. The van der Waals surface area contributed by atoms with Gasteiger partial charge in [-0.1, -0.05) is 163 Å². The molecule has 0 N–H and O–H groups in total. The molecule has 0 bridgehead atoms. The first-order valence-electron chi connectivity index (χ1n) is 23.9. The van der Waals surface area contributed by atoms with E-state index < -0.39 is 0 Å². The summed E-state index contributed by atoms with van der Waals surface area (Å²) in [5.74, 6) is -0.120. The summed E-state index contributed by atoms with van der Waals surface area (Å²) in [6, 6.07) is 0. The average Bonchev–Trinajstić information content (AvgIpc) is 3.16. The number of ether oxygens (including phenoxy) is 2. The molecule has 0 atom stereocenters. The highest BCUT2D eigenvalue weighted by Crippen LogP contribution is 2.20. The molecular weight excluding hydrogens is 657 g/mol. The van der Waals surface area contributed by atoms with Crippen molar-refractivity contribution in [3.63, 3.8) is 0 Å². The smallest absolute Gasteiger partial charge is 0.307 e. The van der Waals surface area contributed by atoms with Crippen LogP contribution in [-0.4, -0.2) is 73.2 Å². The Bertz CT molecular complexity index is 715. The Morgan fingerprint density at radius 2 is 0.774 bits per heavy atom. The number of likely N-dealkylation sites (tertiary alicyclic amines) is 1. The molecule has 53 heavy (non-hydrogen) atoms. The van der Waals surface area contributed by atoms with Gasteiger partial charge in [0.05, 0.1) is 12.8 Å². The van der Waals surface area contributed by atoms with Gasteiger partial charge in [-0.3, -0.25) is 9.59 Å². The minimum atomic E-state index is -0.0598. The minimum absolute atomic E-state index is 0.0480. The topological polar surface area (TPSA) is 59.1 Å². The fraction of sp³-hybridized carbons (Fsp3) is 0.957. The number of piperidine rings is 1. The van der Waals surface area contributed by atoms with Gasteiger partial charge in [-0.05, 0) is 77.3 Å². The van der Waals surface area contributed by atoms with E-state index in [1.54, 1.807) is 0 Å². The van der Waals surface area contributed by atoms with Crippen LogP contribution in [0, 0.1) is 0 Å². The van der Waals surface area contributed by atoms with E-state index in [0.29, 0.717) is 25.9 Å². The summed E-state index contributed by atoms with van der Waals surface area (Å²) in [5, 5.41) is 0. The number of carbonyl (C=O) groups excluding carboxylic acids is 2. The molecular formula is C47H92N2O4. The first-order valence-corrected chi connectivity index (χ1v) is 23.9. The van der Waals surface area contributed by atoms with Gasteiger partial charge in [-0.2, -0.15) is 0 Å². The first kappa shape index (κ1) is 49.9. The first-order chi connectivity index (χ1) is 26.0. The van der Waals surface area contributed by atoms with Gasteiger partial charge in [0.25, 0.3) is 0 Å². The lowest BCUT2D eigenvalue weighted by Gasteiger charge is -2.30. The highest BCUT2D eigenvalue weighted by molar-refractivity contribution is 5.70. The van der Waals surface area contributed by atoms with Crippen LogP contribution in [0.1, 0.15) is 240 Å². The highest BCUT2D eigenvalue weighted by atomic mass is 16.5. The van der Waals surface area contributed by atoms with Crippen LogP contribution >= 0.6 is 0 Å². The summed E-state index contributed by atoms with van der Waals surface area (Å²) in [6.45, 7) is 14.6. The Balaban J connectivity index is 2.71. The van der Waals surface area contributed by atoms with Gasteiger partial charge in [-0.15, -0.1) is 0 Å². The second-order valence-electron chi connectivity index (χ2n) is 16.7. The fourth-order valence-electron chi connectivity index (χ4n) is 7.92. The molecule has 0 unspecified atom stereocenters. The standard InChI is InChI=1S/C47H92N2O4/c1-5-9-13-17-21-26-32-44(33-27-22-18-14-10-6-2)52-46(50)36-40-49(43-42-48-38-30-25-31-39-48)41-37-47(51)53-45(34-28-23-19-15-11-7-3)35-29-24-20-16-12-8-4/h44-45H,5-43H2,1-4H3. The van der Waals surface area contributed by atoms with Crippen LogP contribution in [0.15, 0.2) is 0 Å². The molecule has 1 aliphatic rings. The molecule has 1 aliphatic heterocycles. The Morgan fingerprint density at radius 3 is 1.11 bits per heavy atom. The van der Waals surface area contributed by atoms with Gasteiger partial charge in [0, 0.05) is 26.2 Å². The van der Waals surface area contributed by atoms with Crippen LogP contribution in [0.2, 0.25) is 0 Å². The summed E-state index contributed by atoms with van der Waals surface area (Å²) in [7, 11) is 0. The second kappa shape index (κ2) is 37.8.